The lowest BCUT2D eigenvalue weighted by Gasteiger charge is -2.38. The van der Waals surface area contributed by atoms with Gasteiger partial charge in [-0.3, -0.25) is 4.79 Å². The van der Waals surface area contributed by atoms with Gasteiger partial charge in [-0.15, -0.1) is 0 Å². The van der Waals surface area contributed by atoms with E-state index in [1.54, 1.807) is 7.11 Å². The molecule has 3 aromatic rings. The van der Waals surface area contributed by atoms with Crippen LogP contribution < -0.4 is 14.5 Å². The average molecular weight is 419 g/mol. The molecule has 31 heavy (non-hydrogen) atoms. The Morgan fingerprint density at radius 2 is 1.87 bits per heavy atom. The number of hydrogen-bond donors (Lipinski definition) is 0. The summed E-state index contributed by atoms with van der Waals surface area (Å²) in [5.74, 6) is 2.08. The van der Waals surface area contributed by atoms with Gasteiger partial charge >= 0.3 is 6.01 Å². The number of rotatable bonds is 4. The standard InChI is InChI=1S/C23H26N6O2/c1-3-21(30)26-12-14-27(15-13-26)22-18-9-11-28(16-19(18)24-23(25-22)31-2)20-8-4-6-17-7-5-10-29(17)20/h3-8,10H,1,9,11-16H2,2H3. The van der Waals surface area contributed by atoms with E-state index in [1.807, 2.05) is 4.90 Å². The highest BCUT2D eigenvalue weighted by atomic mass is 16.5. The number of pyridine rings is 1. The van der Waals surface area contributed by atoms with Crippen molar-refractivity contribution in [3.63, 3.8) is 0 Å². The van der Waals surface area contributed by atoms with E-state index < -0.39 is 0 Å². The lowest BCUT2D eigenvalue weighted by Crippen LogP contribution is -2.49. The quantitative estimate of drug-likeness (QED) is 0.605. The van der Waals surface area contributed by atoms with Gasteiger partial charge in [-0.1, -0.05) is 12.6 Å². The average Bonchev–Trinajstić information content (AvgIpc) is 3.31. The van der Waals surface area contributed by atoms with E-state index in [-0.39, 0.29) is 5.91 Å². The van der Waals surface area contributed by atoms with Gasteiger partial charge in [0.15, 0.2) is 0 Å². The van der Waals surface area contributed by atoms with Crippen LogP contribution in [0.4, 0.5) is 11.6 Å². The molecule has 5 heterocycles. The zero-order chi connectivity index (χ0) is 21.4. The zero-order valence-corrected chi connectivity index (χ0v) is 17.7. The minimum atomic E-state index is -0.0169. The molecule has 1 amide bonds. The number of ether oxygens (including phenoxy) is 1. The van der Waals surface area contributed by atoms with Gasteiger partial charge in [0.2, 0.25) is 5.91 Å². The van der Waals surface area contributed by atoms with Gasteiger partial charge in [0.1, 0.15) is 11.6 Å². The normalized spacial score (nSPS) is 16.4. The largest absolute Gasteiger partial charge is 0.467 e. The third-order valence-electron chi connectivity index (χ3n) is 6.13. The van der Waals surface area contributed by atoms with Gasteiger partial charge in [0.25, 0.3) is 0 Å². The Morgan fingerprint density at radius 3 is 2.65 bits per heavy atom. The van der Waals surface area contributed by atoms with Crippen LogP contribution >= 0.6 is 0 Å². The number of piperazine rings is 1. The summed E-state index contributed by atoms with van der Waals surface area (Å²) in [5.41, 5.74) is 3.36. The molecule has 5 rings (SSSR count). The number of amides is 1. The number of anilines is 2. The molecule has 0 radical (unpaired) electrons. The molecule has 0 unspecified atom stereocenters. The first-order chi connectivity index (χ1) is 15.2. The Labute approximate surface area is 181 Å². The van der Waals surface area contributed by atoms with Crippen LogP contribution in [0.25, 0.3) is 5.52 Å². The summed E-state index contributed by atoms with van der Waals surface area (Å²) < 4.78 is 7.65. The van der Waals surface area contributed by atoms with E-state index in [9.17, 15) is 4.79 Å². The molecule has 0 bridgehead atoms. The number of nitrogens with zero attached hydrogens (tertiary/aromatic N) is 6. The van der Waals surface area contributed by atoms with E-state index in [1.165, 1.54) is 17.2 Å². The number of aromatic nitrogens is 3. The lowest BCUT2D eigenvalue weighted by molar-refractivity contribution is -0.126. The Kier molecular flexibility index (Phi) is 4.97. The Balaban J connectivity index is 1.44. The van der Waals surface area contributed by atoms with Crippen LogP contribution in [0.15, 0.2) is 49.2 Å². The van der Waals surface area contributed by atoms with Crippen LogP contribution in [0.1, 0.15) is 11.3 Å². The van der Waals surface area contributed by atoms with Crippen LogP contribution in [0.5, 0.6) is 6.01 Å². The summed E-state index contributed by atoms with van der Waals surface area (Å²) in [4.78, 5) is 27.8. The molecule has 8 nitrogen and oxygen atoms in total. The molecule has 1 fully saturated rings. The Morgan fingerprint density at radius 1 is 1.06 bits per heavy atom. The van der Waals surface area contributed by atoms with Crippen molar-refractivity contribution in [2.24, 2.45) is 0 Å². The molecule has 2 aliphatic heterocycles. The number of carbonyl (C=O) groups excluding carboxylic acids is 1. The molecular weight excluding hydrogens is 392 g/mol. The third-order valence-corrected chi connectivity index (χ3v) is 6.13. The predicted molar refractivity (Wildman–Crippen MR) is 120 cm³/mol. The monoisotopic (exact) mass is 418 g/mol. The highest BCUT2D eigenvalue weighted by Crippen LogP contribution is 2.31. The van der Waals surface area contributed by atoms with E-state index in [4.69, 9.17) is 14.7 Å². The first-order valence-corrected chi connectivity index (χ1v) is 10.6. The van der Waals surface area contributed by atoms with Crippen LogP contribution in [0, 0.1) is 0 Å². The van der Waals surface area contributed by atoms with Crippen molar-refractivity contribution in [1.82, 2.24) is 19.3 Å². The molecule has 0 aromatic carbocycles. The van der Waals surface area contributed by atoms with Gasteiger partial charge in [-0.05, 0) is 36.8 Å². The van der Waals surface area contributed by atoms with Gasteiger partial charge in [-0.25, -0.2) is 0 Å². The number of carbonyl (C=O) groups is 1. The third kappa shape index (κ3) is 3.48. The SMILES string of the molecule is C=CC(=O)N1CCN(c2nc(OC)nc3c2CCN(c2cccc4cccn24)C3)CC1. The molecule has 1 saturated heterocycles. The summed E-state index contributed by atoms with van der Waals surface area (Å²) in [6.45, 7) is 7.98. The highest BCUT2D eigenvalue weighted by molar-refractivity contribution is 5.87. The first-order valence-electron chi connectivity index (χ1n) is 10.6. The van der Waals surface area contributed by atoms with Gasteiger partial charge < -0.3 is 23.8 Å². The van der Waals surface area contributed by atoms with E-state index in [0.717, 1.165) is 43.4 Å². The number of methoxy groups -OCH3 is 1. The van der Waals surface area contributed by atoms with Crippen molar-refractivity contribution in [3.05, 3.63) is 60.4 Å². The molecule has 0 atom stereocenters. The van der Waals surface area contributed by atoms with E-state index >= 15 is 0 Å². The van der Waals surface area contributed by atoms with Crippen LogP contribution in [0.2, 0.25) is 0 Å². The summed E-state index contributed by atoms with van der Waals surface area (Å²) in [6.07, 6.45) is 4.33. The van der Waals surface area contributed by atoms with E-state index in [0.29, 0.717) is 25.6 Å². The highest BCUT2D eigenvalue weighted by Gasteiger charge is 2.28. The van der Waals surface area contributed by atoms with Crippen molar-refractivity contribution in [2.45, 2.75) is 13.0 Å². The fraction of sp³-hybridized carbons (Fsp3) is 0.348. The molecular formula is C23H26N6O2. The smallest absolute Gasteiger partial charge is 0.318 e. The second kappa shape index (κ2) is 7.94. The lowest BCUT2D eigenvalue weighted by atomic mass is 10.0. The molecule has 0 N–H and O–H groups in total. The fourth-order valence-electron chi connectivity index (χ4n) is 4.51. The van der Waals surface area contributed by atoms with Crippen LogP contribution in [0.3, 0.4) is 0 Å². The molecule has 0 spiro atoms. The topological polar surface area (TPSA) is 66.2 Å². The maximum absolute atomic E-state index is 11.9. The predicted octanol–water partition coefficient (Wildman–Crippen LogP) is 2.14. The second-order valence-corrected chi connectivity index (χ2v) is 7.83. The summed E-state index contributed by atoms with van der Waals surface area (Å²) >= 11 is 0. The fourth-order valence-corrected chi connectivity index (χ4v) is 4.51. The maximum Gasteiger partial charge on any atom is 0.318 e. The molecule has 0 aliphatic carbocycles. The van der Waals surface area contributed by atoms with Crippen molar-refractivity contribution < 1.29 is 9.53 Å². The number of fused-ring (bicyclic) bond motifs is 2. The summed E-state index contributed by atoms with van der Waals surface area (Å²) in [5, 5.41) is 0. The van der Waals surface area contributed by atoms with Gasteiger partial charge in [0.05, 0.1) is 19.3 Å². The van der Waals surface area contributed by atoms with Gasteiger partial charge in [0, 0.05) is 50.0 Å². The summed E-state index contributed by atoms with van der Waals surface area (Å²) in [7, 11) is 1.60. The Bertz CT molecular complexity index is 1130. The van der Waals surface area contributed by atoms with Gasteiger partial charge in [-0.2, -0.15) is 9.97 Å². The second-order valence-electron chi connectivity index (χ2n) is 7.83. The first kappa shape index (κ1) is 19.4. The van der Waals surface area contributed by atoms with Crippen molar-refractivity contribution in [3.8, 4) is 6.01 Å². The number of hydrogen-bond acceptors (Lipinski definition) is 6. The van der Waals surface area contributed by atoms with Crippen molar-refractivity contribution in [1.29, 1.82) is 0 Å². The van der Waals surface area contributed by atoms with E-state index in [2.05, 4.69) is 57.3 Å². The zero-order valence-electron chi connectivity index (χ0n) is 17.7. The van der Waals surface area contributed by atoms with Crippen molar-refractivity contribution in [2.75, 3.05) is 49.6 Å². The van der Waals surface area contributed by atoms with Crippen LogP contribution in [-0.4, -0.2) is 65.0 Å². The molecule has 8 heteroatoms. The van der Waals surface area contributed by atoms with Crippen molar-refractivity contribution >= 4 is 23.1 Å². The maximum atomic E-state index is 11.9. The minimum Gasteiger partial charge on any atom is -0.467 e. The molecule has 2 aliphatic rings. The minimum absolute atomic E-state index is 0.0169. The molecule has 3 aromatic heterocycles. The summed E-state index contributed by atoms with van der Waals surface area (Å²) in [6, 6.07) is 10.9. The van der Waals surface area contributed by atoms with Crippen LogP contribution in [-0.2, 0) is 17.8 Å². The molecule has 0 saturated carbocycles. The Hall–Kier alpha value is -3.55. The molecule has 160 valence electrons.